The molecular weight excluding hydrogens is 256 g/mol. The highest BCUT2D eigenvalue weighted by atomic mass is 32.1. The van der Waals surface area contributed by atoms with Crippen molar-refractivity contribution in [1.29, 1.82) is 0 Å². The summed E-state index contributed by atoms with van der Waals surface area (Å²) in [5.74, 6) is -0.871. The second-order valence-corrected chi connectivity index (χ2v) is 5.12. The topological polar surface area (TPSA) is 80.7 Å². The molecule has 1 unspecified atom stereocenters. The van der Waals surface area contributed by atoms with Crippen LogP contribution in [0.3, 0.4) is 0 Å². The Morgan fingerprint density at radius 2 is 2.61 bits per heavy atom. The first-order valence-electron chi connectivity index (χ1n) is 5.66. The summed E-state index contributed by atoms with van der Waals surface area (Å²) in [6.07, 6.45) is 0.806. The predicted octanol–water partition coefficient (Wildman–Crippen LogP) is 0.988. The van der Waals surface area contributed by atoms with E-state index in [1.807, 2.05) is 0 Å². The third-order valence-corrected chi connectivity index (χ3v) is 3.79. The van der Waals surface area contributed by atoms with Crippen LogP contribution in [0.5, 0.6) is 0 Å². The Morgan fingerprint density at radius 1 is 1.78 bits per heavy atom. The monoisotopic (exact) mass is 272 g/mol. The van der Waals surface area contributed by atoms with Crippen molar-refractivity contribution in [3.8, 4) is 0 Å². The van der Waals surface area contributed by atoms with E-state index in [0.29, 0.717) is 25.5 Å². The van der Waals surface area contributed by atoms with Gasteiger partial charge in [0, 0.05) is 32.1 Å². The highest BCUT2D eigenvalue weighted by Crippen LogP contribution is 2.24. The van der Waals surface area contributed by atoms with E-state index >= 15 is 0 Å². The molecule has 1 aliphatic heterocycles. The number of hydrogen-bond acceptors (Lipinski definition) is 6. The SMILES string of the molecule is COC1(CNc2nc(CC(=O)O)cs2)CCOC1. The maximum absolute atomic E-state index is 10.6. The summed E-state index contributed by atoms with van der Waals surface area (Å²) in [6, 6.07) is 0. The largest absolute Gasteiger partial charge is 0.481 e. The first-order chi connectivity index (χ1) is 8.63. The number of hydrogen-bond donors (Lipinski definition) is 2. The van der Waals surface area contributed by atoms with Crippen LogP contribution >= 0.6 is 11.3 Å². The average molecular weight is 272 g/mol. The van der Waals surface area contributed by atoms with E-state index in [-0.39, 0.29) is 12.0 Å². The Bertz CT molecular complexity index is 415. The molecule has 0 aromatic carbocycles. The van der Waals surface area contributed by atoms with Crippen LogP contribution in [-0.4, -0.2) is 48.5 Å². The zero-order chi connectivity index (χ0) is 13.0. The molecule has 0 bridgehead atoms. The van der Waals surface area contributed by atoms with Crippen LogP contribution in [0, 0.1) is 0 Å². The van der Waals surface area contributed by atoms with Crippen LogP contribution in [0.25, 0.3) is 0 Å². The number of carboxylic acids is 1. The lowest BCUT2D eigenvalue weighted by Crippen LogP contribution is -2.39. The molecule has 0 radical (unpaired) electrons. The smallest absolute Gasteiger partial charge is 0.309 e. The summed E-state index contributed by atoms with van der Waals surface area (Å²) in [6.45, 7) is 1.89. The third kappa shape index (κ3) is 3.18. The molecule has 100 valence electrons. The quantitative estimate of drug-likeness (QED) is 0.803. The number of thiazole rings is 1. The molecule has 18 heavy (non-hydrogen) atoms. The normalized spacial score (nSPS) is 23.2. The van der Waals surface area contributed by atoms with E-state index in [2.05, 4.69) is 10.3 Å². The minimum Gasteiger partial charge on any atom is -0.481 e. The number of aliphatic carboxylic acids is 1. The molecule has 1 fully saturated rings. The van der Waals surface area contributed by atoms with Crippen LogP contribution in [0.4, 0.5) is 5.13 Å². The Balaban J connectivity index is 1.89. The number of carboxylic acid groups (broad SMARTS) is 1. The van der Waals surface area contributed by atoms with Gasteiger partial charge in [0.1, 0.15) is 5.60 Å². The van der Waals surface area contributed by atoms with Crippen molar-refractivity contribution < 1.29 is 19.4 Å². The molecule has 0 aliphatic carbocycles. The van der Waals surface area contributed by atoms with Crippen LogP contribution in [0.2, 0.25) is 0 Å². The van der Waals surface area contributed by atoms with Crippen molar-refractivity contribution in [3.63, 3.8) is 0 Å². The van der Waals surface area contributed by atoms with Crippen LogP contribution < -0.4 is 5.32 Å². The minimum atomic E-state index is -0.871. The van der Waals surface area contributed by atoms with Gasteiger partial charge >= 0.3 is 5.97 Å². The van der Waals surface area contributed by atoms with E-state index in [0.717, 1.165) is 11.6 Å². The zero-order valence-electron chi connectivity index (χ0n) is 10.1. The number of carbonyl (C=O) groups is 1. The highest BCUT2D eigenvalue weighted by Gasteiger charge is 2.34. The second kappa shape index (κ2) is 5.64. The lowest BCUT2D eigenvalue weighted by atomic mass is 10.0. The van der Waals surface area contributed by atoms with Gasteiger partial charge in [-0.1, -0.05) is 0 Å². The molecule has 6 nitrogen and oxygen atoms in total. The van der Waals surface area contributed by atoms with Crippen molar-refractivity contribution in [2.75, 3.05) is 32.2 Å². The first-order valence-corrected chi connectivity index (χ1v) is 6.54. The predicted molar refractivity (Wildman–Crippen MR) is 67.1 cm³/mol. The van der Waals surface area contributed by atoms with E-state index in [1.165, 1.54) is 11.3 Å². The van der Waals surface area contributed by atoms with Gasteiger partial charge in [-0.15, -0.1) is 11.3 Å². The molecule has 0 spiro atoms. The van der Waals surface area contributed by atoms with Gasteiger partial charge in [-0.05, 0) is 0 Å². The van der Waals surface area contributed by atoms with Crippen molar-refractivity contribution in [2.24, 2.45) is 0 Å². The molecule has 7 heteroatoms. The number of methoxy groups -OCH3 is 1. The van der Waals surface area contributed by atoms with Gasteiger partial charge in [0.2, 0.25) is 0 Å². The number of anilines is 1. The number of ether oxygens (including phenoxy) is 2. The fraction of sp³-hybridized carbons (Fsp3) is 0.636. The maximum Gasteiger partial charge on any atom is 0.309 e. The summed E-state index contributed by atoms with van der Waals surface area (Å²) in [4.78, 5) is 14.8. The molecule has 1 atom stereocenters. The molecule has 2 rings (SSSR count). The van der Waals surface area contributed by atoms with Gasteiger partial charge in [0.25, 0.3) is 0 Å². The van der Waals surface area contributed by atoms with Crippen molar-refractivity contribution in [3.05, 3.63) is 11.1 Å². The number of nitrogens with one attached hydrogen (secondary N) is 1. The van der Waals surface area contributed by atoms with Crippen LogP contribution in [0.15, 0.2) is 5.38 Å². The summed E-state index contributed by atoms with van der Waals surface area (Å²) < 4.78 is 10.8. The van der Waals surface area contributed by atoms with Gasteiger partial charge in [0.05, 0.1) is 18.7 Å². The fourth-order valence-electron chi connectivity index (χ4n) is 1.82. The molecule has 1 saturated heterocycles. The summed E-state index contributed by atoms with van der Waals surface area (Å²) in [5.41, 5.74) is 0.280. The second-order valence-electron chi connectivity index (χ2n) is 4.26. The Morgan fingerprint density at radius 3 is 3.22 bits per heavy atom. The zero-order valence-corrected chi connectivity index (χ0v) is 11.0. The van der Waals surface area contributed by atoms with E-state index < -0.39 is 5.97 Å². The molecule has 0 saturated carbocycles. The number of nitrogens with zero attached hydrogens (tertiary/aromatic N) is 1. The van der Waals surface area contributed by atoms with Crippen LogP contribution in [-0.2, 0) is 20.7 Å². The minimum absolute atomic E-state index is 0.0449. The van der Waals surface area contributed by atoms with E-state index in [1.54, 1.807) is 12.5 Å². The average Bonchev–Trinajstić information content (AvgIpc) is 2.95. The molecule has 1 aromatic heterocycles. The molecule has 2 heterocycles. The van der Waals surface area contributed by atoms with Gasteiger partial charge in [-0.25, -0.2) is 4.98 Å². The highest BCUT2D eigenvalue weighted by molar-refractivity contribution is 7.13. The van der Waals surface area contributed by atoms with E-state index in [4.69, 9.17) is 14.6 Å². The van der Waals surface area contributed by atoms with Crippen LogP contribution in [0.1, 0.15) is 12.1 Å². The molecule has 1 aliphatic rings. The maximum atomic E-state index is 10.6. The number of aromatic nitrogens is 1. The first kappa shape index (κ1) is 13.3. The number of rotatable bonds is 6. The lowest BCUT2D eigenvalue weighted by molar-refractivity contribution is -0.136. The van der Waals surface area contributed by atoms with Gasteiger partial charge in [0.15, 0.2) is 5.13 Å². The van der Waals surface area contributed by atoms with Crippen molar-refractivity contribution >= 4 is 22.4 Å². The Hall–Kier alpha value is -1.18. The third-order valence-electron chi connectivity index (χ3n) is 2.95. The Labute approximate surface area is 109 Å². The molecule has 2 N–H and O–H groups in total. The summed E-state index contributed by atoms with van der Waals surface area (Å²) in [5, 5.41) is 14.3. The van der Waals surface area contributed by atoms with Gasteiger partial charge in [-0.2, -0.15) is 0 Å². The van der Waals surface area contributed by atoms with Gasteiger partial charge in [-0.3, -0.25) is 4.79 Å². The molecule has 0 amide bonds. The van der Waals surface area contributed by atoms with Gasteiger partial charge < -0.3 is 19.9 Å². The standard InChI is InChI=1S/C11H16N2O4S/c1-16-11(2-3-17-7-11)6-12-10-13-8(5-18-10)4-9(14)15/h5H,2-4,6-7H2,1H3,(H,12,13)(H,14,15). The molecular formula is C11H16N2O4S. The summed E-state index contributed by atoms with van der Waals surface area (Å²) in [7, 11) is 1.67. The van der Waals surface area contributed by atoms with Crippen molar-refractivity contribution in [1.82, 2.24) is 4.98 Å². The van der Waals surface area contributed by atoms with Crippen molar-refractivity contribution in [2.45, 2.75) is 18.4 Å². The fourth-order valence-corrected chi connectivity index (χ4v) is 2.53. The van der Waals surface area contributed by atoms with E-state index in [9.17, 15) is 4.79 Å². The summed E-state index contributed by atoms with van der Waals surface area (Å²) >= 11 is 1.40. The lowest BCUT2D eigenvalue weighted by Gasteiger charge is -2.25. The Kier molecular flexibility index (Phi) is 4.15. The molecule has 1 aromatic rings.